The number of nitrogens with zero attached hydrogens (tertiary/aromatic N) is 1. The van der Waals surface area contributed by atoms with E-state index in [1.165, 1.54) is 0 Å². The number of nitrogens with one attached hydrogen (secondary N) is 1. The van der Waals surface area contributed by atoms with Gasteiger partial charge in [0.15, 0.2) is 0 Å². The zero-order valence-electron chi connectivity index (χ0n) is 11.2. The average molecular weight is 346 g/mol. The number of phenols is 1. The Labute approximate surface area is 136 Å². The minimum absolute atomic E-state index is 0. The van der Waals surface area contributed by atoms with E-state index in [9.17, 15) is 9.50 Å². The third kappa shape index (κ3) is 4.37. The highest BCUT2D eigenvalue weighted by molar-refractivity contribution is 6.30. The number of hydrogen-bond donors (Lipinski definition) is 2. The zero-order chi connectivity index (χ0) is 13.1. The Morgan fingerprint density at radius 3 is 2.50 bits per heavy atom. The molecule has 0 radical (unpaired) electrons. The van der Waals surface area contributed by atoms with Gasteiger partial charge >= 0.3 is 0 Å². The molecule has 3 nitrogen and oxygen atoms in total. The van der Waals surface area contributed by atoms with Crippen LogP contribution in [0.25, 0.3) is 0 Å². The standard InChI is InChI=1S/C13H18ClFN2O.2ClH/c1-9-6-10(14)7-11(13(9)18)12(8-15)17-4-2-16-3-5-17;;/h6-7,12,16,18H,2-5,8H2,1H3;2*1H/t12-;;/m1../s1. The molecule has 7 heteroatoms. The molecule has 0 aromatic heterocycles. The first-order valence-corrected chi connectivity index (χ1v) is 6.51. The van der Waals surface area contributed by atoms with Gasteiger partial charge in [-0.2, -0.15) is 0 Å². The molecule has 1 saturated heterocycles. The molecule has 1 aromatic rings. The van der Waals surface area contributed by atoms with Gasteiger partial charge in [-0.3, -0.25) is 4.90 Å². The van der Waals surface area contributed by atoms with Crippen LogP contribution < -0.4 is 5.32 Å². The van der Waals surface area contributed by atoms with E-state index >= 15 is 0 Å². The minimum atomic E-state index is -0.520. The molecular weight excluding hydrogens is 326 g/mol. The zero-order valence-corrected chi connectivity index (χ0v) is 13.6. The van der Waals surface area contributed by atoms with Gasteiger partial charge in [0, 0.05) is 36.8 Å². The summed E-state index contributed by atoms with van der Waals surface area (Å²) in [5.74, 6) is 0.153. The first kappa shape index (κ1) is 19.7. The van der Waals surface area contributed by atoms with Crippen molar-refractivity contribution in [2.24, 2.45) is 0 Å². The lowest BCUT2D eigenvalue weighted by atomic mass is 10.0. The summed E-state index contributed by atoms with van der Waals surface area (Å²) in [6.45, 7) is 4.50. The van der Waals surface area contributed by atoms with Gasteiger partial charge in [0.1, 0.15) is 12.4 Å². The smallest absolute Gasteiger partial charge is 0.123 e. The van der Waals surface area contributed by atoms with E-state index < -0.39 is 12.7 Å². The molecule has 0 saturated carbocycles. The number of piperazine rings is 1. The average Bonchev–Trinajstić information content (AvgIpc) is 2.37. The van der Waals surface area contributed by atoms with Crippen molar-refractivity contribution in [2.75, 3.05) is 32.9 Å². The van der Waals surface area contributed by atoms with Crippen LogP contribution in [0.4, 0.5) is 4.39 Å². The second-order valence-electron chi connectivity index (χ2n) is 4.62. The van der Waals surface area contributed by atoms with Crippen molar-refractivity contribution in [3.63, 3.8) is 0 Å². The van der Waals surface area contributed by atoms with Crippen LogP contribution in [0.5, 0.6) is 5.75 Å². The maximum atomic E-state index is 13.4. The summed E-state index contributed by atoms with van der Waals surface area (Å²) in [7, 11) is 0. The van der Waals surface area contributed by atoms with E-state index in [2.05, 4.69) is 5.32 Å². The van der Waals surface area contributed by atoms with Gasteiger partial charge in [-0.25, -0.2) is 4.39 Å². The van der Waals surface area contributed by atoms with Gasteiger partial charge in [-0.15, -0.1) is 24.8 Å². The fourth-order valence-electron chi connectivity index (χ4n) is 2.39. The van der Waals surface area contributed by atoms with Gasteiger partial charge in [-0.05, 0) is 24.6 Å². The van der Waals surface area contributed by atoms with Crippen molar-refractivity contribution in [1.82, 2.24) is 10.2 Å². The first-order chi connectivity index (χ1) is 8.63. The van der Waals surface area contributed by atoms with Gasteiger partial charge < -0.3 is 10.4 Å². The highest BCUT2D eigenvalue weighted by atomic mass is 35.5. The Bertz CT molecular complexity index is 428. The molecule has 1 aliphatic heterocycles. The van der Waals surface area contributed by atoms with E-state index in [0.29, 0.717) is 16.1 Å². The highest BCUT2D eigenvalue weighted by Gasteiger charge is 2.25. The molecule has 1 fully saturated rings. The largest absolute Gasteiger partial charge is 0.507 e. The fraction of sp³-hybridized carbons (Fsp3) is 0.538. The molecule has 116 valence electrons. The monoisotopic (exact) mass is 344 g/mol. The van der Waals surface area contributed by atoms with Crippen LogP contribution in [-0.4, -0.2) is 42.9 Å². The van der Waals surface area contributed by atoms with Gasteiger partial charge in [0.2, 0.25) is 0 Å². The van der Waals surface area contributed by atoms with E-state index in [-0.39, 0.29) is 30.6 Å². The molecule has 0 spiro atoms. The molecule has 0 bridgehead atoms. The summed E-state index contributed by atoms with van der Waals surface area (Å²) < 4.78 is 13.4. The molecular formula is C13H20Cl3FN2O. The summed E-state index contributed by atoms with van der Waals surface area (Å²) in [6.07, 6.45) is 0. The molecule has 1 heterocycles. The van der Waals surface area contributed by atoms with Crippen molar-refractivity contribution in [3.05, 3.63) is 28.3 Å². The van der Waals surface area contributed by atoms with Crippen LogP contribution in [0.1, 0.15) is 17.2 Å². The molecule has 2 rings (SSSR count). The molecule has 0 unspecified atom stereocenters. The summed E-state index contributed by atoms with van der Waals surface area (Å²) in [5, 5.41) is 13.9. The topological polar surface area (TPSA) is 35.5 Å². The second-order valence-corrected chi connectivity index (χ2v) is 5.05. The van der Waals surface area contributed by atoms with Gasteiger partial charge in [0.25, 0.3) is 0 Å². The Morgan fingerprint density at radius 1 is 1.35 bits per heavy atom. The summed E-state index contributed by atoms with van der Waals surface area (Å²) in [6, 6.07) is 2.94. The number of hydrogen-bond acceptors (Lipinski definition) is 3. The molecule has 20 heavy (non-hydrogen) atoms. The van der Waals surface area contributed by atoms with E-state index in [1.807, 2.05) is 4.90 Å². The van der Waals surface area contributed by atoms with E-state index in [0.717, 1.165) is 26.2 Å². The molecule has 0 amide bonds. The molecule has 1 aliphatic rings. The van der Waals surface area contributed by atoms with Gasteiger partial charge in [-0.1, -0.05) is 11.6 Å². The first-order valence-electron chi connectivity index (χ1n) is 6.13. The Balaban J connectivity index is 0.00000180. The second kappa shape index (κ2) is 8.90. The van der Waals surface area contributed by atoms with Crippen molar-refractivity contribution >= 4 is 36.4 Å². The predicted molar refractivity (Wildman–Crippen MR) is 85.5 cm³/mol. The molecule has 2 N–H and O–H groups in total. The lowest BCUT2D eigenvalue weighted by Crippen LogP contribution is -2.45. The summed E-state index contributed by atoms with van der Waals surface area (Å²) in [4.78, 5) is 2.04. The maximum absolute atomic E-state index is 13.4. The van der Waals surface area contributed by atoms with Crippen LogP contribution >= 0.6 is 36.4 Å². The quantitative estimate of drug-likeness (QED) is 0.883. The molecule has 0 aliphatic carbocycles. The summed E-state index contributed by atoms with van der Waals surface area (Å²) in [5.41, 5.74) is 1.27. The Hall–Kier alpha value is -0.260. The molecule has 1 aromatic carbocycles. The van der Waals surface area contributed by atoms with Crippen LogP contribution in [0.15, 0.2) is 12.1 Å². The van der Waals surface area contributed by atoms with Crippen molar-refractivity contribution in [3.8, 4) is 5.75 Å². The highest BCUT2D eigenvalue weighted by Crippen LogP contribution is 2.34. The van der Waals surface area contributed by atoms with Crippen LogP contribution in [0.3, 0.4) is 0 Å². The number of benzene rings is 1. The van der Waals surface area contributed by atoms with Crippen LogP contribution in [0.2, 0.25) is 5.02 Å². The van der Waals surface area contributed by atoms with Crippen molar-refractivity contribution < 1.29 is 9.50 Å². The predicted octanol–water partition coefficient (Wildman–Crippen LogP) is 3.11. The number of halogens is 4. The third-order valence-corrected chi connectivity index (χ3v) is 3.61. The van der Waals surface area contributed by atoms with Gasteiger partial charge in [0.05, 0.1) is 6.04 Å². The van der Waals surface area contributed by atoms with Crippen LogP contribution in [0, 0.1) is 6.92 Å². The number of rotatable bonds is 3. The number of alkyl halides is 1. The number of aromatic hydroxyl groups is 1. The Kier molecular flexibility index (Phi) is 8.79. The lowest BCUT2D eigenvalue weighted by Gasteiger charge is -2.34. The SMILES string of the molecule is Cc1cc(Cl)cc([C@@H](CF)N2CCNCC2)c1O.Cl.Cl. The normalized spacial score (nSPS) is 16.9. The van der Waals surface area contributed by atoms with Crippen molar-refractivity contribution in [2.45, 2.75) is 13.0 Å². The van der Waals surface area contributed by atoms with Crippen LogP contribution in [-0.2, 0) is 0 Å². The van der Waals surface area contributed by atoms with E-state index in [4.69, 9.17) is 11.6 Å². The third-order valence-electron chi connectivity index (χ3n) is 3.39. The lowest BCUT2D eigenvalue weighted by molar-refractivity contribution is 0.145. The number of phenolic OH excluding ortho intramolecular Hbond substituents is 1. The Morgan fingerprint density at radius 2 is 1.95 bits per heavy atom. The minimum Gasteiger partial charge on any atom is -0.507 e. The van der Waals surface area contributed by atoms with E-state index in [1.54, 1.807) is 19.1 Å². The number of aryl methyl sites for hydroxylation is 1. The molecule has 1 atom stereocenters. The fourth-order valence-corrected chi connectivity index (χ4v) is 2.67. The maximum Gasteiger partial charge on any atom is 0.123 e. The van der Waals surface area contributed by atoms with Crippen molar-refractivity contribution in [1.29, 1.82) is 0 Å². The summed E-state index contributed by atoms with van der Waals surface area (Å²) >= 11 is 6.00.